The van der Waals surface area contributed by atoms with E-state index < -0.39 is 93.6 Å². The zero-order valence-corrected chi connectivity index (χ0v) is 23.7. The van der Waals surface area contributed by atoms with Gasteiger partial charge >= 0.3 is 12.1 Å². The fourth-order valence-corrected chi connectivity index (χ4v) is 5.05. The Balaban J connectivity index is 0.00000226. The van der Waals surface area contributed by atoms with Crippen molar-refractivity contribution in [3.05, 3.63) is 92.6 Å². The molecule has 17 heteroatoms. The van der Waals surface area contributed by atoms with E-state index in [4.69, 9.17) is 11.6 Å². The van der Waals surface area contributed by atoms with Gasteiger partial charge in [-0.3, -0.25) is 14.3 Å². The summed E-state index contributed by atoms with van der Waals surface area (Å²) >= 11 is 6.23. The lowest BCUT2D eigenvalue weighted by Crippen LogP contribution is -2.26. The van der Waals surface area contributed by atoms with Gasteiger partial charge < -0.3 is 26.0 Å². The maximum atomic E-state index is 14.2. The molecular weight excluding hydrogens is 641 g/mol. The predicted octanol–water partition coefficient (Wildman–Crippen LogP) is 5.45. The average molecular weight is 663 g/mol. The van der Waals surface area contributed by atoms with E-state index in [0.717, 1.165) is 24.3 Å². The summed E-state index contributed by atoms with van der Waals surface area (Å²) in [4.78, 5) is 26.5. The highest BCUT2D eigenvalue weighted by molar-refractivity contribution is 6.31. The summed E-state index contributed by atoms with van der Waals surface area (Å²) in [5.74, 6) is -8.38. The van der Waals surface area contributed by atoms with Crippen molar-refractivity contribution >= 4 is 40.0 Å². The van der Waals surface area contributed by atoms with E-state index in [-0.39, 0.29) is 22.2 Å². The molecule has 0 fully saturated rings. The summed E-state index contributed by atoms with van der Waals surface area (Å²) < 4.78 is 95.4. The molecule has 1 atom stereocenters. The third-order valence-electron chi connectivity index (χ3n) is 6.51. The smallest absolute Gasteiger partial charge is 0.341 e. The van der Waals surface area contributed by atoms with E-state index in [1.165, 1.54) is 0 Å². The summed E-state index contributed by atoms with van der Waals surface area (Å²) in [6, 6.07) is 3.52. The van der Waals surface area contributed by atoms with Gasteiger partial charge in [-0.15, -0.1) is 0 Å². The van der Waals surface area contributed by atoms with Crippen LogP contribution in [-0.4, -0.2) is 43.3 Å². The molecule has 1 aromatic heterocycles. The van der Waals surface area contributed by atoms with Gasteiger partial charge in [-0.25, -0.2) is 17.6 Å². The Bertz CT molecular complexity index is 1810. The summed E-state index contributed by atoms with van der Waals surface area (Å²) in [7, 11) is 0. The normalized spacial score (nSPS) is 14.7. The van der Waals surface area contributed by atoms with Crippen LogP contribution in [0, 0.1) is 11.6 Å². The van der Waals surface area contributed by atoms with Gasteiger partial charge in [0.2, 0.25) is 0 Å². The van der Waals surface area contributed by atoms with E-state index >= 15 is 0 Å². The lowest BCUT2D eigenvalue weighted by Gasteiger charge is -2.19. The molecule has 2 amide bonds. The Hall–Kier alpha value is -4.25. The van der Waals surface area contributed by atoms with Crippen molar-refractivity contribution in [1.82, 2.24) is 15.1 Å². The summed E-state index contributed by atoms with van der Waals surface area (Å²) in [6.07, 6.45) is -8.13. The molecule has 2 heterocycles. The number of alkyl halides is 5. The first-order valence-corrected chi connectivity index (χ1v) is 13.3. The topological polar surface area (TPSA) is 137 Å². The number of nitrogens with one attached hydrogen (secondary N) is 2. The predicted molar refractivity (Wildman–Crippen MR) is 145 cm³/mol. The Morgan fingerprint density at radius 2 is 1.73 bits per heavy atom. The fraction of sp³-hybridized carbons (Fsp3) is 0.250. The van der Waals surface area contributed by atoms with Gasteiger partial charge in [0, 0.05) is 32.8 Å². The van der Waals surface area contributed by atoms with E-state index in [1.807, 2.05) is 13.8 Å². The lowest BCUT2D eigenvalue weighted by molar-refractivity contribution is -0.325. The summed E-state index contributed by atoms with van der Waals surface area (Å²) in [6.45, 7) is 2.79. The number of hydrogen-bond acceptors (Lipinski definition) is 6. The number of hydrogen-bond donors (Lipinski definition) is 5. The van der Waals surface area contributed by atoms with Crippen LogP contribution in [0.2, 0.25) is 5.02 Å². The van der Waals surface area contributed by atoms with E-state index in [0.29, 0.717) is 16.8 Å². The van der Waals surface area contributed by atoms with Crippen molar-refractivity contribution in [2.75, 3.05) is 5.32 Å². The quantitative estimate of drug-likeness (QED) is 0.138. The molecule has 1 aliphatic rings. The van der Waals surface area contributed by atoms with Crippen LogP contribution in [0.4, 0.5) is 36.4 Å². The van der Waals surface area contributed by atoms with Gasteiger partial charge in [0.1, 0.15) is 18.2 Å². The van der Waals surface area contributed by atoms with Crippen LogP contribution >= 0.6 is 11.6 Å². The van der Waals surface area contributed by atoms with E-state index in [1.54, 1.807) is 0 Å². The van der Waals surface area contributed by atoms with Crippen molar-refractivity contribution in [1.29, 1.82) is 0 Å². The third kappa shape index (κ3) is 6.58. The number of carbonyl (C=O) groups is 2. The highest BCUT2D eigenvalue weighted by atomic mass is 35.5. The number of amides is 2. The van der Waals surface area contributed by atoms with Crippen molar-refractivity contribution < 1.29 is 55.6 Å². The Morgan fingerprint density at radius 1 is 1.07 bits per heavy atom. The highest BCUT2D eigenvalue weighted by Gasteiger charge is 2.41. The average Bonchev–Trinajstić information content (AvgIpc) is 3.47. The molecule has 0 saturated carbocycles. The SMILES string of the molecule is CC.O=C(Nc1cc2c(c(C(O)(O)O)nn2CC(F)F)c2c1C(c1cc(F)ccc1Cl)NC2=O)c1cc(F)cc(C(F)(F)F)c1. The van der Waals surface area contributed by atoms with E-state index in [9.17, 15) is 55.6 Å². The van der Waals surface area contributed by atoms with Gasteiger partial charge in [-0.2, -0.15) is 18.3 Å². The van der Waals surface area contributed by atoms with Gasteiger partial charge in [-0.05, 0) is 42.5 Å². The highest BCUT2D eigenvalue weighted by Crippen LogP contribution is 2.45. The first kappa shape index (κ1) is 33.6. The number of fused-ring (bicyclic) bond motifs is 3. The maximum Gasteiger partial charge on any atom is 0.416 e. The fourth-order valence-electron chi connectivity index (χ4n) is 4.82. The number of halogens is 8. The van der Waals surface area contributed by atoms with Crippen molar-refractivity contribution in [2.45, 2.75) is 45.0 Å². The lowest BCUT2D eigenvalue weighted by atomic mass is 9.93. The Labute approximate surface area is 253 Å². The molecule has 0 radical (unpaired) electrons. The van der Waals surface area contributed by atoms with Crippen LogP contribution in [0.3, 0.4) is 0 Å². The second-order valence-electron chi connectivity index (χ2n) is 9.42. The van der Waals surface area contributed by atoms with Crippen molar-refractivity contribution in [3.63, 3.8) is 0 Å². The Morgan fingerprint density at radius 3 is 2.33 bits per heavy atom. The minimum atomic E-state index is -5.03. The molecule has 1 aliphatic heterocycles. The molecule has 5 N–H and O–H groups in total. The van der Waals surface area contributed by atoms with Crippen LogP contribution in [-0.2, 0) is 18.7 Å². The minimum Gasteiger partial charge on any atom is -0.341 e. The molecule has 0 spiro atoms. The molecule has 9 nitrogen and oxygen atoms in total. The van der Waals surface area contributed by atoms with Crippen LogP contribution in [0.5, 0.6) is 0 Å². The number of benzene rings is 3. The van der Waals surface area contributed by atoms with Gasteiger partial charge in [0.25, 0.3) is 18.2 Å². The zero-order chi connectivity index (χ0) is 33.6. The van der Waals surface area contributed by atoms with Crippen LogP contribution in [0.25, 0.3) is 10.9 Å². The molecule has 1 unspecified atom stereocenters. The molecule has 0 saturated heterocycles. The summed E-state index contributed by atoms with van der Waals surface area (Å²) in [5.41, 5.74) is -5.20. The van der Waals surface area contributed by atoms with Crippen LogP contribution in [0.15, 0.2) is 42.5 Å². The number of carbonyl (C=O) groups excluding carboxylic acids is 2. The standard InChI is InChI=1S/C26H16ClF7N4O5.C2H6/c27-14-2-1-11(28)6-13(14)21-18-15(35-23(39)9-3-10(25(32,33)34)5-12(29)4-9)7-16-19(20(18)24(40)36-21)22(26(41,42)43)37-38(16)8-17(30)31;1-2/h1-7,17,21,41-43H,8H2,(H,35,39)(H,36,40);1-2H3. The number of anilines is 1. The third-order valence-corrected chi connectivity index (χ3v) is 6.85. The number of nitrogens with zero attached hydrogens (tertiary/aromatic N) is 2. The van der Waals surface area contributed by atoms with Gasteiger partial charge in [0.05, 0.1) is 22.7 Å². The zero-order valence-electron chi connectivity index (χ0n) is 23.0. The van der Waals surface area contributed by atoms with Crippen LogP contribution in [0.1, 0.15) is 63.0 Å². The number of rotatable bonds is 6. The molecule has 5 rings (SSSR count). The molecule has 0 bridgehead atoms. The molecule has 240 valence electrons. The second-order valence-corrected chi connectivity index (χ2v) is 9.82. The summed E-state index contributed by atoms with van der Waals surface area (Å²) in [5, 5.41) is 37.4. The first-order chi connectivity index (χ1) is 21.0. The number of aliphatic hydroxyl groups is 3. The monoisotopic (exact) mass is 662 g/mol. The molecule has 0 aliphatic carbocycles. The van der Waals surface area contributed by atoms with E-state index in [2.05, 4.69) is 15.7 Å². The molecule has 3 aromatic carbocycles. The largest absolute Gasteiger partial charge is 0.416 e. The number of aromatic nitrogens is 2. The molecular formula is C28H22ClF7N4O5. The second kappa shape index (κ2) is 12.3. The Kier molecular flexibility index (Phi) is 9.17. The minimum absolute atomic E-state index is 0.0986. The first-order valence-electron chi connectivity index (χ1n) is 12.9. The maximum absolute atomic E-state index is 14.2. The molecule has 45 heavy (non-hydrogen) atoms. The molecule has 4 aromatic rings. The van der Waals surface area contributed by atoms with Gasteiger partial charge in [-0.1, -0.05) is 25.4 Å². The van der Waals surface area contributed by atoms with Crippen molar-refractivity contribution in [3.8, 4) is 0 Å². The van der Waals surface area contributed by atoms with Gasteiger partial charge in [0.15, 0.2) is 5.69 Å². The van der Waals surface area contributed by atoms with Crippen LogP contribution < -0.4 is 10.6 Å². The van der Waals surface area contributed by atoms with Crippen molar-refractivity contribution in [2.24, 2.45) is 0 Å².